The topological polar surface area (TPSA) is 0 Å². The lowest BCUT2D eigenvalue weighted by Gasteiger charge is -2.33. The van der Waals surface area contributed by atoms with Crippen LogP contribution in [0.5, 0.6) is 0 Å². The number of benzene rings is 1. The molecule has 1 aliphatic carbocycles. The van der Waals surface area contributed by atoms with Crippen LogP contribution >= 0.6 is 27.5 Å². The first-order valence-corrected chi connectivity index (χ1v) is 8.30. The van der Waals surface area contributed by atoms with Crippen molar-refractivity contribution in [3.8, 4) is 0 Å². The van der Waals surface area contributed by atoms with Gasteiger partial charge in [-0.25, -0.2) is 0 Å². The van der Waals surface area contributed by atoms with Crippen LogP contribution in [0.1, 0.15) is 44.6 Å². The highest BCUT2D eigenvalue weighted by Gasteiger charge is 2.28. The highest BCUT2D eigenvalue weighted by Crippen LogP contribution is 2.37. The van der Waals surface area contributed by atoms with Gasteiger partial charge >= 0.3 is 0 Å². The van der Waals surface area contributed by atoms with Crippen molar-refractivity contribution in [3.05, 3.63) is 34.3 Å². The number of hydrogen-bond donors (Lipinski definition) is 0. The monoisotopic (exact) mass is 328 g/mol. The Hall–Kier alpha value is -0.0100. The molecule has 0 nitrogen and oxygen atoms in total. The maximum Gasteiger partial charge on any atom is 0.0367 e. The molecule has 3 unspecified atom stereocenters. The highest BCUT2D eigenvalue weighted by molar-refractivity contribution is 9.10. The lowest BCUT2D eigenvalue weighted by molar-refractivity contribution is 0.257. The second kappa shape index (κ2) is 6.96. The fraction of sp³-hybridized carbons (Fsp3) is 0.625. The summed E-state index contributed by atoms with van der Waals surface area (Å²) in [4.78, 5) is 0. The zero-order valence-electron chi connectivity index (χ0n) is 11.0. The van der Waals surface area contributed by atoms with E-state index in [4.69, 9.17) is 11.6 Å². The van der Waals surface area contributed by atoms with Gasteiger partial charge in [-0.3, -0.25) is 0 Å². The Kier molecular flexibility index (Phi) is 5.56. The quantitative estimate of drug-likeness (QED) is 0.611. The van der Waals surface area contributed by atoms with E-state index in [1.54, 1.807) is 0 Å². The fourth-order valence-corrected chi connectivity index (χ4v) is 3.94. The Morgan fingerprint density at radius 3 is 2.89 bits per heavy atom. The second-order valence-electron chi connectivity index (χ2n) is 5.58. The van der Waals surface area contributed by atoms with E-state index in [9.17, 15) is 0 Å². The van der Waals surface area contributed by atoms with Crippen LogP contribution in [-0.2, 0) is 6.42 Å². The van der Waals surface area contributed by atoms with Crippen molar-refractivity contribution in [1.82, 2.24) is 0 Å². The summed E-state index contributed by atoms with van der Waals surface area (Å²) in [5, 5.41) is 0.372. The van der Waals surface area contributed by atoms with Gasteiger partial charge in [0.1, 0.15) is 0 Å². The summed E-state index contributed by atoms with van der Waals surface area (Å²) in [5.74, 6) is 1.56. The molecule has 0 aliphatic heterocycles. The average Bonchev–Trinajstić information content (AvgIpc) is 2.34. The molecule has 0 bridgehead atoms. The van der Waals surface area contributed by atoms with Gasteiger partial charge in [-0.15, -0.1) is 11.6 Å². The van der Waals surface area contributed by atoms with Crippen molar-refractivity contribution in [2.45, 2.75) is 50.8 Å². The van der Waals surface area contributed by atoms with Crippen LogP contribution in [0.15, 0.2) is 28.7 Å². The minimum atomic E-state index is 0.372. The molecule has 0 spiro atoms. The third-order valence-corrected chi connectivity index (χ3v) is 5.15. The smallest absolute Gasteiger partial charge is 0.0367 e. The molecule has 0 saturated heterocycles. The van der Waals surface area contributed by atoms with Gasteiger partial charge in [0.05, 0.1) is 0 Å². The summed E-state index contributed by atoms with van der Waals surface area (Å²) in [6.07, 6.45) is 7.66. The third kappa shape index (κ3) is 3.99. The van der Waals surface area contributed by atoms with Gasteiger partial charge in [0.15, 0.2) is 0 Å². The predicted molar refractivity (Wildman–Crippen MR) is 83.2 cm³/mol. The van der Waals surface area contributed by atoms with Gasteiger partial charge in [0, 0.05) is 9.85 Å². The summed E-state index contributed by atoms with van der Waals surface area (Å²) in [6, 6.07) is 8.66. The molecule has 1 aliphatic rings. The van der Waals surface area contributed by atoms with E-state index >= 15 is 0 Å². The van der Waals surface area contributed by atoms with Gasteiger partial charge in [-0.05, 0) is 55.2 Å². The van der Waals surface area contributed by atoms with E-state index < -0.39 is 0 Å². The summed E-state index contributed by atoms with van der Waals surface area (Å²) in [6.45, 7) is 2.29. The molecule has 0 aromatic heterocycles. The number of halogens is 2. The molecule has 1 aromatic rings. The fourth-order valence-electron chi connectivity index (χ4n) is 3.17. The van der Waals surface area contributed by atoms with Crippen molar-refractivity contribution in [3.63, 3.8) is 0 Å². The van der Waals surface area contributed by atoms with Crippen molar-refractivity contribution in [2.24, 2.45) is 11.8 Å². The van der Waals surface area contributed by atoms with Gasteiger partial charge in [0.25, 0.3) is 0 Å². The summed E-state index contributed by atoms with van der Waals surface area (Å²) < 4.78 is 1.17. The van der Waals surface area contributed by atoms with Crippen LogP contribution in [0.4, 0.5) is 0 Å². The van der Waals surface area contributed by atoms with Gasteiger partial charge in [-0.1, -0.05) is 47.8 Å². The molecular weight excluding hydrogens is 308 g/mol. The first-order valence-electron chi connectivity index (χ1n) is 7.07. The van der Waals surface area contributed by atoms with E-state index in [2.05, 4.69) is 47.1 Å². The Balaban J connectivity index is 1.98. The molecule has 18 heavy (non-hydrogen) atoms. The summed E-state index contributed by atoms with van der Waals surface area (Å²) in [7, 11) is 0. The Morgan fingerprint density at radius 1 is 1.33 bits per heavy atom. The highest BCUT2D eigenvalue weighted by atomic mass is 79.9. The summed E-state index contributed by atoms with van der Waals surface area (Å²) >= 11 is 10.1. The van der Waals surface area contributed by atoms with Gasteiger partial charge < -0.3 is 0 Å². The molecular formula is C16H22BrCl. The molecule has 1 aromatic carbocycles. The van der Waals surface area contributed by atoms with Crippen LogP contribution in [0.2, 0.25) is 0 Å². The molecule has 0 heterocycles. The molecule has 0 N–H and O–H groups in total. The van der Waals surface area contributed by atoms with E-state index in [-0.39, 0.29) is 0 Å². The Bertz CT molecular complexity index is 377. The van der Waals surface area contributed by atoms with Crippen molar-refractivity contribution < 1.29 is 0 Å². The Labute approximate surface area is 124 Å². The molecule has 0 radical (unpaired) electrons. The lowest BCUT2D eigenvalue weighted by atomic mass is 9.76. The van der Waals surface area contributed by atoms with Crippen LogP contribution in [0.25, 0.3) is 0 Å². The molecule has 1 saturated carbocycles. The van der Waals surface area contributed by atoms with E-state index in [1.807, 2.05) is 0 Å². The van der Waals surface area contributed by atoms with Crippen molar-refractivity contribution in [2.75, 3.05) is 0 Å². The van der Waals surface area contributed by atoms with E-state index in [0.29, 0.717) is 11.3 Å². The van der Waals surface area contributed by atoms with E-state index in [1.165, 1.54) is 42.1 Å². The number of rotatable bonds is 4. The van der Waals surface area contributed by atoms with Crippen molar-refractivity contribution in [1.29, 1.82) is 0 Å². The maximum absolute atomic E-state index is 6.53. The minimum absolute atomic E-state index is 0.372. The van der Waals surface area contributed by atoms with E-state index in [0.717, 1.165) is 12.3 Å². The van der Waals surface area contributed by atoms with Gasteiger partial charge in [0.2, 0.25) is 0 Å². The number of hydrogen-bond acceptors (Lipinski definition) is 0. The SMILES string of the molecule is CCCC1CCC(Cl)C(Cc2cccc(Br)c2)C1. The largest absolute Gasteiger partial charge is 0.123 e. The second-order valence-corrected chi connectivity index (χ2v) is 7.05. The third-order valence-electron chi connectivity index (χ3n) is 4.08. The van der Waals surface area contributed by atoms with Gasteiger partial charge in [-0.2, -0.15) is 0 Å². The zero-order chi connectivity index (χ0) is 13.0. The van der Waals surface area contributed by atoms with Crippen molar-refractivity contribution >= 4 is 27.5 Å². The lowest BCUT2D eigenvalue weighted by Crippen LogP contribution is -2.27. The molecule has 3 atom stereocenters. The van der Waals surface area contributed by atoms with Crippen LogP contribution < -0.4 is 0 Å². The first kappa shape index (κ1) is 14.4. The van der Waals surface area contributed by atoms with Crippen LogP contribution in [0, 0.1) is 11.8 Å². The average molecular weight is 330 g/mol. The number of alkyl halides is 1. The Morgan fingerprint density at radius 2 is 2.17 bits per heavy atom. The normalized spacial score (nSPS) is 28.3. The maximum atomic E-state index is 6.53. The van der Waals surface area contributed by atoms with Crippen LogP contribution in [-0.4, -0.2) is 5.38 Å². The molecule has 1 fully saturated rings. The molecule has 2 rings (SSSR count). The zero-order valence-corrected chi connectivity index (χ0v) is 13.4. The summed E-state index contributed by atoms with van der Waals surface area (Å²) in [5.41, 5.74) is 1.41. The minimum Gasteiger partial charge on any atom is -0.123 e. The molecule has 0 amide bonds. The standard InChI is InChI=1S/C16H22BrCl/c1-2-4-12-7-8-16(18)14(9-12)10-13-5-3-6-15(17)11-13/h3,5-6,11-12,14,16H,2,4,7-10H2,1H3. The molecule has 100 valence electrons. The van der Waals surface area contributed by atoms with Crippen LogP contribution in [0.3, 0.4) is 0 Å². The molecule has 2 heteroatoms. The first-order chi connectivity index (χ1) is 8.69. The predicted octanol–water partition coefficient (Wildman–Crippen LogP) is 5.82.